The van der Waals surface area contributed by atoms with Crippen molar-refractivity contribution >= 4 is 22.9 Å². The first-order chi connectivity index (χ1) is 11.6. The van der Waals surface area contributed by atoms with Gasteiger partial charge >= 0.3 is 0 Å². The molecule has 4 nitrogen and oxygen atoms in total. The molecule has 0 N–H and O–H groups in total. The van der Waals surface area contributed by atoms with E-state index in [0.29, 0.717) is 5.91 Å². The number of carbonyl (C=O) groups excluding carboxylic acids is 1. The average molecular weight is 343 g/mol. The first-order valence-corrected chi connectivity index (χ1v) is 9.48. The molecule has 1 saturated heterocycles. The normalized spacial score (nSPS) is 15.5. The number of nitrogens with zero attached hydrogens (tertiary/aromatic N) is 3. The highest BCUT2D eigenvalue weighted by Crippen LogP contribution is 2.22. The van der Waals surface area contributed by atoms with E-state index in [-0.39, 0.29) is 0 Å². The van der Waals surface area contributed by atoms with Crippen LogP contribution < -0.4 is 4.80 Å². The summed E-state index contributed by atoms with van der Waals surface area (Å²) in [5.41, 5.74) is 4.71. The molecule has 0 unspecified atom stereocenters. The number of aryl methyl sites for hydroxylation is 3. The van der Waals surface area contributed by atoms with Gasteiger partial charge in [-0.3, -0.25) is 4.79 Å². The molecule has 2 heterocycles. The molecule has 0 spiro atoms. The van der Waals surface area contributed by atoms with Crippen molar-refractivity contribution in [1.82, 2.24) is 9.47 Å². The first kappa shape index (κ1) is 17.0. The highest BCUT2D eigenvalue weighted by molar-refractivity contribution is 7.07. The Morgan fingerprint density at radius 3 is 2.58 bits per heavy atom. The van der Waals surface area contributed by atoms with Gasteiger partial charge in [-0.05, 0) is 44.7 Å². The van der Waals surface area contributed by atoms with Crippen molar-refractivity contribution in [1.29, 1.82) is 0 Å². The minimum Gasteiger partial charge on any atom is -0.343 e. The van der Waals surface area contributed by atoms with Gasteiger partial charge in [-0.15, -0.1) is 11.3 Å². The lowest BCUT2D eigenvalue weighted by atomic mass is 10.1. The van der Waals surface area contributed by atoms with Crippen molar-refractivity contribution in [2.24, 2.45) is 4.99 Å². The summed E-state index contributed by atoms with van der Waals surface area (Å²) in [4.78, 5) is 19.7. The van der Waals surface area contributed by atoms with Crippen LogP contribution in [-0.4, -0.2) is 28.5 Å². The molecule has 1 fully saturated rings. The Morgan fingerprint density at radius 1 is 1.17 bits per heavy atom. The summed E-state index contributed by atoms with van der Waals surface area (Å²) in [5.74, 6) is 0.308. The van der Waals surface area contributed by atoms with Crippen molar-refractivity contribution in [2.45, 2.75) is 46.6 Å². The number of para-hydroxylation sites is 1. The third-order valence-corrected chi connectivity index (χ3v) is 5.60. The van der Waals surface area contributed by atoms with Crippen LogP contribution in [0, 0.1) is 20.8 Å². The van der Waals surface area contributed by atoms with Crippen LogP contribution in [0.4, 0.5) is 5.69 Å². The fourth-order valence-electron chi connectivity index (χ4n) is 3.21. The maximum Gasteiger partial charge on any atom is 0.222 e. The number of hydrogen-bond donors (Lipinski definition) is 0. The fourth-order valence-corrected chi connectivity index (χ4v) is 4.12. The summed E-state index contributed by atoms with van der Waals surface area (Å²) in [6, 6.07) is 6.29. The van der Waals surface area contributed by atoms with Crippen LogP contribution >= 0.6 is 11.3 Å². The van der Waals surface area contributed by atoms with Crippen molar-refractivity contribution in [3.8, 4) is 0 Å². The lowest BCUT2D eigenvalue weighted by Gasteiger charge is -2.15. The lowest BCUT2D eigenvalue weighted by Crippen LogP contribution is -2.27. The van der Waals surface area contributed by atoms with Gasteiger partial charge < -0.3 is 9.47 Å². The minimum atomic E-state index is 0.308. The number of likely N-dealkylation sites (tertiary alicyclic amines) is 1. The Labute approximate surface area is 147 Å². The molecule has 1 aromatic carbocycles. The first-order valence-electron chi connectivity index (χ1n) is 8.60. The van der Waals surface area contributed by atoms with E-state index in [1.807, 2.05) is 4.90 Å². The van der Waals surface area contributed by atoms with E-state index >= 15 is 0 Å². The van der Waals surface area contributed by atoms with Gasteiger partial charge in [0.1, 0.15) is 0 Å². The summed E-state index contributed by atoms with van der Waals surface area (Å²) in [6.45, 7) is 9.02. The summed E-state index contributed by atoms with van der Waals surface area (Å²) in [5, 5.41) is 2.16. The molecule has 128 valence electrons. The second kappa shape index (κ2) is 7.34. The Morgan fingerprint density at radius 2 is 1.92 bits per heavy atom. The quantitative estimate of drug-likeness (QED) is 0.815. The molecule has 1 amide bonds. The van der Waals surface area contributed by atoms with Crippen LogP contribution in [0.15, 0.2) is 28.6 Å². The number of benzene rings is 1. The smallest absolute Gasteiger partial charge is 0.222 e. The fraction of sp³-hybridized carbons (Fsp3) is 0.474. The zero-order valence-corrected chi connectivity index (χ0v) is 15.5. The highest BCUT2D eigenvalue weighted by Gasteiger charge is 2.19. The summed E-state index contributed by atoms with van der Waals surface area (Å²) in [6.07, 6.45) is 2.71. The molecule has 1 aromatic heterocycles. The maximum absolute atomic E-state index is 11.7. The second-order valence-electron chi connectivity index (χ2n) is 6.50. The number of thiazole rings is 1. The molecule has 0 aliphatic carbocycles. The van der Waals surface area contributed by atoms with E-state index in [4.69, 9.17) is 4.99 Å². The van der Waals surface area contributed by atoms with Crippen LogP contribution in [0.25, 0.3) is 0 Å². The SMILES string of the molecule is Cc1cccc(C)c1N=c1scc(C)n1CCCN1CCCC1=O. The minimum absolute atomic E-state index is 0.308. The van der Waals surface area contributed by atoms with E-state index in [1.165, 1.54) is 16.8 Å². The van der Waals surface area contributed by atoms with Crippen molar-refractivity contribution < 1.29 is 4.79 Å². The number of rotatable bonds is 5. The van der Waals surface area contributed by atoms with Crippen molar-refractivity contribution in [3.63, 3.8) is 0 Å². The van der Waals surface area contributed by atoms with Gasteiger partial charge in [-0.25, -0.2) is 4.99 Å². The monoisotopic (exact) mass is 343 g/mol. The average Bonchev–Trinajstić information content (AvgIpc) is 3.11. The number of carbonyl (C=O) groups is 1. The largest absolute Gasteiger partial charge is 0.343 e. The number of hydrogen-bond acceptors (Lipinski definition) is 3. The zero-order valence-electron chi connectivity index (χ0n) is 14.7. The van der Waals surface area contributed by atoms with Crippen LogP contribution in [0.5, 0.6) is 0 Å². The van der Waals surface area contributed by atoms with Crippen molar-refractivity contribution in [3.05, 3.63) is 45.2 Å². The molecule has 0 atom stereocenters. The highest BCUT2D eigenvalue weighted by atomic mass is 32.1. The van der Waals surface area contributed by atoms with Crippen LogP contribution in [0.1, 0.15) is 36.1 Å². The van der Waals surface area contributed by atoms with Gasteiger partial charge in [0.15, 0.2) is 4.80 Å². The van der Waals surface area contributed by atoms with E-state index in [1.54, 1.807) is 11.3 Å². The van der Waals surface area contributed by atoms with Crippen LogP contribution in [-0.2, 0) is 11.3 Å². The van der Waals surface area contributed by atoms with Crippen LogP contribution in [0.2, 0.25) is 0 Å². The summed E-state index contributed by atoms with van der Waals surface area (Å²) in [7, 11) is 0. The van der Waals surface area contributed by atoms with Gasteiger partial charge in [0.25, 0.3) is 0 Å². The zero-order chi connectivity index (χ0) is 17.1. The molecule has 24 heavy (non-hydrogen) atoms. The predicted octanol–water partition coefficient (Wildman–Crippen LogP) is 3.72. The van der Waals surface area contributed by atoms with E-state index in [2.05, 4.69) is 48.9 Å². The van der Waals surface area contributed by atoms with E-state index < -0.39 is 0 Å². The van der Waals surface area contributed by atoms with Gasteiger partial charge in [-0.2, -0.15) is 0 Å². The van der Waals surface area contributed by atoms with Gasteiger partial charge in [0.2, 0.25) is 5.91 Å². The van der Waals surface area contributed by atoms with Crippen LogP contribution in [0.3, 0.4) is 0 Å². The van der Waals surface area contributed by atoms with Gasteiger partial charge in [0, 0.05) is 37.1 Å². The Bertz CT molecular complexity index is 783. The third kappa shape index (κ3) is 3.61. The predicted molar refractivity (Wildman–Crippen MR) is 98.6 cm³/mol. The molecular weight excluding hydrogens is 318 g/mol. The maximum atomic E-state index is 11.7. The lowest BCUT2D eigenvalue weighted by molar-refractivity contribution is -0.127. The second-order valence-corrected chi connectivity index (χ2v) is 7.34. The molecule has 0 bridgehead atoms. The summed E-state index contributed by atoms with van der Waals surface area (Å²) >= 11 is 1.69. The molecule has 1 aliphatic rings. The number of aromatic nitrogens is 1. The molecule has 3 rings (SSSR count). The molecule has 5 heteroatoms. The van der Waals surface area contributed by atoms with Gasteiger partial charge in [-0.1, -0.05) is 18.2 Å². The van der Waals surface area contributed by atoms with E-state index in [0.717, 1.165) is 49.4 Å². The topological polar surface area (TPSA) is 37.6 Å². The van der Waals surface area contributed by atoms with Crippen molar-refractivity contribution in [2.75, 3.05) is 13.1 Å². The third-order valence-electron chi connectivity index (χ3n) is 4.62. The Hall–Kier alpha value is -1.88. The van der Waals surface area contributed by atoms with E-state index in [9.17, 15) is 4.79 Å². The Kier molecular flexibility index (Phi) is 5.19. The Balaban J connectivity index is 1.79. The molecule has 1 aliphatic heterocycles. The molecule has 2 aromatic rings. The number of amides is 1. The molecular formula is C19H25N3OS. The summed E-state index contributed by atoms with van der Waals surface area (Å²) < 4.78 is 2.27. The standard InChI is InChI=1S/C19H25N3OS/c1-14-7-4-8-15(2)18(14)20-19-22(16(3)13-24-19)12-6-11-21-10-5-9-17(21)23/h4,7-8,13H,5-6,9-12H2,1-3H3. The molecule has 0 saturated carbocycles. The van der Waals surface area contributed by atoms with Gasteiger partial charge in [0.05, 0.1) is 5.69 Å². The molecule has 0 radical (unpaired) electrons.